The molecule has 0 saturated heterocycles. The second-order valence-corrected chi connectivity index (χ2v) is 6.45. The van der Waals surface area contributed by atoms with Crippen molar-refractivity contribution in [2.45, 2.75) is 36.3 Å². The number of halogens is 2. The molecule has 21 heavy (non-hydrogen) atoms. The molecule has 1 amide bonds. The Labute approximate surface area is 127 Å². The maximum absolute atomic E-state index is 12.5. The highest BCUT2D eigenvalue weighted by Gasteiger charge is 2.33. The number of rotatable bonds is 6. The Kier molecular flexibility index (Phi) is 5.58. The molecule has 1 aromatic rings. The van der Waals surface area contributed by atoms with E-state index in [1.54, 1.807) is 18.2 Å². The van der Waals surface area contributed by atoms with Crippen molar-refractivity contribution >= 4 is 17.7 Å². The van der Waals surface area contributed by atoms with Crippen LogP contribution in [-0.2, 0) is 0 Å². The van der Waals surface area contributed by atoms with Crippen molar-refractivity contribution < 1.29 is 18.7 Å². The average Bonchev–Trinajstić information content (AvgIpc) is 2.94. The van der Waals surface area contributed by atoms with Crippen LogP contribution in [0, 0.1) is 5.41 Å². The maximum Gasteiger partial charge on any atom is 0.288 e. The predicted octanol–water partition coefficient (Wildman–Crippen LogP) is 3.28. The average molecular weight is 315 g/mol. The van der Waals surface area contributed by atoms with E-state index in [-0.39, 0.29) is 28.4 Å². The van der Waals surface area contributed by atoms with Crippen molar-refractivity contribution in [2.75, 3.05) is 13.2 Å². The normalized spacial score (nSPS) is 17.1. The van der Waals surface area contributed by atoms with E-state index in [4.69, 9.17) is 0 Å². The largest absolute Gasteiger partial charge is 0.396 e. The standard InChI is InChI=1S/C15H19F2NO2S/c16-14(17)21-12-6-2-1-5-11(12)13(20)18-9-15(10-19)7-3-4-8-15/h1-2,5-6,14,19H,3-4,7-10H2,(H,18,20). The van der Waals surface area contributed by atoms with Gasteiger partial charge in [-0.05, 0) is 25.0 Å². The number of aliphatic hydroxyl groups is 1. The summed E-state index contributed by atoms with van der Waals surface area (Å²) >= 11 is 0.373. The lowest BCUT2D eigenvalue weighted by Crippen LogP contribution is -2.38. The maximum atomic E-state index is 12.5. The van der Waals surface area contributed by atoms with Crippen molar-refractivity contribution in [1.82, 2.24) is 5.32 Å². The summed E-state index contributed by atoms with van der Waals surface area (Å²) in [7, 11) is 0. The van der Waals surface area contributed by atoms with Crippen LogP contribution in [0.3, 0.4) is 0 Å². The summed E-state index contributed by atoms with van der Waals surface area (Å²) < 4.78 is 25.0. The smallest absolute Gasteiger partial charge is 0.288 e. The quantitative estimate of drug-likeness (QED) is 0.792. The molecule has 0 bridgehead atoms. The zero-order chi connectivity index (χ0) is 15.3. The number of hydrogen-bond acceptors (Lipinski definition) is 3. The minimum absolute atomic E-state index is 0.0424. The summed E-state index contributed by atoms with van der Waals surface area (Å²) in [5.74, 6) is -2.92. The van der Waals surface area contributed by atoms with E-state index in [0.29, 0.717) is 18.3 Å². The monoisotopic (exact) mass is 315 g/mol. The number of aliphatic hydroxyl groups excluding tert-OH is 1. The minimum atomic E-state index is -2.56. The Morgan fingerprint density at radius 2 is 2.00 bits per heavy atom. The molecule has 0 aliphatic heterocycles. The zero-order valence-corrected chi connectivity index (χ0v) is 12.5. The summed E-state index contributed by atoms with van der Waals surface area (Å²) in [4.78, 5) is 12.5. The lowest BCUT2D eigenvalue weighted by atomic mass is 9.87. The first-order valence-corrected chi connectivity index (χ1v) is 7.87. The molecule has 1 aromatic carbocycles. The number of benzene rings is 1. The van der Waals surface area contributed by atoms with Crippen LogP contribution in [0.4, 0.5) is 8.78 Å². The molecule has 1 saturated carbocycles. The predicted molar refractivity (Wildman–Crippen MR) is 78.6 cm³/mol. The number of alkyl halides is 2. The molecule has 1 aliphatic rings. The highest BCUT2D eigenvalue weighted by Crippen LogP contribution is 2.37. The van der Waals surface area contributed by atoms with E-state index in [9.17, 15) is 18.7 Å². The second-order valence-electron chi connectivity index (χ2n) is 5.42. The topological polar surface area (TPSA) is 49.3 Å². The summed E-state index contributed by atoms with van der Waals surface area (Å²) in [5, 5.41) is 12.3. The number of thioether (sulfide) groups is 1. The van der Waals surface area contributed by atoms with Crippen LogP contribution in [-0.4, -0.2) is 29.9 Å². The first-order chi connectivity index (χ1) is 10.1. The third-order valence-electron chi connectivity index (χ3n) is 3.97. The van der Waals surface area contributed by atoms with Crippen molar-refractivity contribution in [3.63, 3.8) is 0 Å². The van der Waals surface area contributed by atoms with Gasteiger partial charge in [-0.3, -0.25) is 4.79 Å². The van der Waals surface area contributed by atoms with Gasteiger partial charge in [0.15, 0.2) is 0 Å². The number of hydrogen-bond donors (Lipinski definition) is 2. The van der Waals surface area contributed by atoms with Crippen LogP contribution >= 0.6 is 11.8 Å². The molecule has 1 fully saturated rings. The molecule has 0 spiro atoms. The number of carbonyl (C=O) groups excluding carboxylic acids is 1. The fraction of sp³-hybridized carbons (Fsp3) is 0.533. The molecule has 2 N–H and O–H groups in total. The summed E-state index contributed by atoms with van der Waals surface area (Å²) in [6, 6.07) is 6.35. The van der Waals surface area contributed by atoms with E-state index < -0.39 is 5.76 Å². The van der Waals surface area contributed by atoms with Crippen molar-refractivity contribution in [1.29, 1.82) is 0 Å². The van der Waals surface area contributed by atoms with Gasteiger partial charge in [0.1, 0.15) is 0 Å². The fourth-order valence-electron chi connectivity index (χ4n) is 2.73. The SMILES string of the molecule is O=C(NCC1(CO)CCCC1)c1ccccc1SC(F)F. The number of carbonyl (C=O) groups is 1. The third kappa shape index (κ3) is 4.17. The number of amides is 1. The lowest BCUT2D eigenvalue weighted by Gasteiger charge is -2.26. The zero-order valence-electron chi connectivity index (χ0n) is 11.6. The van der Waals surface area contributed by atoms with Gasteiger partial charge in [-0.1, -0.05) is 36.7 Å². The third-order valence-corrected chi connectivity index (χ3v) is 4.76. The van der Waals surface area contributed by atoms with Crippen LogP contribution in [0.5, 0.6) is 0 Å². The molecule has 3 nitrogen and oxygen atoms in total. The van der Waals surface area contributed by atoms with Gasteiger partial charge in [0.2, 0.25) is 0 Å². The summed E-state index contributed by atoms with van der Waals surface area (Å²) in [6.07, 6.45) is 3.87. The first kappa shape index (κ1) is 16.2. The van der Waals surface area contributed by atoms with Gasteiger partial charge in [-0.15, -0.1) is 0 Å². The van der Waals surface area contributed by atoms with Crippen molar-refractivity contribution in [2.24, 2.45) is 5.41 Å². The Hall–Kier alpha value is -1.14. The highest BCUT2D eigenvalue weighted by atomic mass is 32.2. The lowest BCUT2D eigenvalue weighted by molar-refractivity contribution is 0.0878. The molecule has 0 heterocycles. The van der Waals surface area contributed by atoms with E-state index >= 15 is 0 Å². The van der Waals surface area contributed by atoms with Gasteiger partial charge in [0.25, 0.3) is 11.7 Å². The van der Waals surface area contributed by atoms with Crippen LogP contribution < -0.4 is 5.32 Å². The molecule has 6 heteroatoms. The molecule has 2 rings (SSSR count). The fourth-order valence-corrected chi connectivity index (χ4v) is 3.37. The Bertz CT molecular complexity index is 490. The first-order valence-electron chi connectivity index (χ1n) is 6.99. The molecule has 1 aliphatic carbocycles. The molecular weight excluding hydrogens is 296 g/mol. The minimum Gasteiger partial charge on any atom is -0.396 e. The Morgan fingerprint density at radius 3 is 2.62 bits per heavy atom. The highest BCUT2D eigenvalue weighted by molar-refractivity contribution is 7.99. The summed E-state index contributed by atoms with van der Waals surface area (Å²) in [6.45, 7) is 0.427. The van der Waals surface area contributed by atoms with E-state index in [0.717, 1.165) is 25.7 Å². The van der Waals surface area contributed by atoms with Crippen LogP contribution in [0.25, 0.3) is 0 Å². The Balaban J connectivity index is 2.03. The van der Waals surface area contributed by atoms with E-state index in [2.05, 4.69) is 5.32 Å². The molecular formula is C15H19F2NO2S. The van der Waals surface area contributed by atoms with Gasteiger partial charge in [0.05, 0.1) is 12.2 Å². The number of nitrogens with one attached hydrogen (secondary N) is 1. The van der Waals surface area contributed by atoms with Crippen molar-refractivity contribution in [3.8, 4) is 0 Å². The van der Waals surface area contributed by atoms with E-state index in [1.807, 2.05) is 0 Å². The van der Waals surface area contributed by atoms with Crippen LogP contribution in [0.15, 0.2) is 29.2 Å². The molecule has 0 atom stereocenters. The van der Waals surface area contributed by atoms with E-state index in [1.165, 1.54) is 6.07 Å². The van der Waals surface area contributed by atoms with Crippen molar-refractivity contribution in [3.05, 3.63) is 29.8 Å². The van der Waals surface area contributed by atoms with Gasteiger partial charge >= 0.3 is 0 Å². The second kappa shape index (κ2) is 7.22. The molecule has 0 aromatic heterocycles. The van der Waals surface area contributed by atoms with Gasteiger partial charge in [-0.25, -0.2) is 0 Å². The van der Waals surface area contributed by atoms with Gasteiger partial charge < -0.3 is 10.4 Å². The molecule has 116 valence electrons. The molecule has 0 radical (unpaired) electrons. The molecule has 0 unspecified atom stereocenters. The van der Waals surface area contributed by atoms with Crippen LogP contribution in [0.1, 0.15) is 36.0 Å². The Morgan fingerprint density at radius 1 is 1.33 bits per heavy atom. The van der Waals surface area contributed by atoms with Gasteiger partial charge in [0, 0.05) is 16.9 Å². The van der Waals surface area contributed by atoms with Gasteiger partial charge in [-0.2, -0.15) is 8.78 Å². The van der Waals surface area contributed by atoms with Crippen LogP contribution in [0.2, 0.25) is 0 Å². The summed E-state index contributed by atoms with van der Waals surface area (Å²) in [5.41, 5.74) is 0.00869.